The van der Waals surface area contributed by atoms with E-state index in [1.165, 1.54) is 54.6 Å². The molecule has 6 rings (SSSR count). The van der Waals surface area contributed by atoms with Gasteiger partial charge < -0.3 is 56.6 Å². The smallest absolute Gasteiger partial charge is 0.339 e. The summed E-state index contributed by atoms with van der Waals surface area (Å²) in [4.78, 5) is 100. The van der Waals surface area contributed by atoms with Gasteiger partial charge in [-0.3, -0.25) is 38.4 Å². The van der Waals surface area contributed by atoms with E-state index in [4.69, 9.17) is 30.6 Å². The van der Waals surface area contributed by atoms with Crippen LogP contribution in [0, 0.1) is 0 Å². The van der Waals surface area contributed by atoms with Crippen molar-refractivity contribution in [1.82, 2.24) is 10.6 Å². The molecule has 0 aliphatic heterocycles. The molecule has 0 aromatic heterocycles. The lowest BCUT2D eigenvalue weighted by molar-refractivity contribution is -0.138. The van der Waals surface area contributed by atoms with Gasteiger partial charge in [-0.25, -0.2) is 4.79 Å². The number of carboxylic acid groups (broad SMARTS) is 5. The van der Waals surface area contributed by atoms with Crippen LogP contribution in [0.4, 0.5) is 34.1 Å². The summed E-state index contributed by atoms with van der Waals surface area (Å²) in [5.74, 6) is -8.11. The van der Waals surface area contributed by atoms with Gasteiger partial charge in [0.25, 0.3) is 0 Å². The van der Waals surface area contributed by atoms with Crippen LogP contribution < -0.4 is 10.6 Å². The second kappa shape index (κ2) is 51.4. The fourth-order valence-electron chi connectivity index (χ4n) is 6.53. The Morgan fingerprint density at radius 3 is 0.872 bits per heavy atom. The lowest BCUT2D eigenvalue weighted by Crippen LogP contribution is -2.30. The van der Waals surface area contributed by atoms with Crippen LogP contribution in [-0.2, 0) is 48.0 Å². The number of allylic oxidation sites excluding steroid dienone is 1. The summed E-state index contributed by atoms with van der Waals surface area (Å²) in [6.45, 7) is 26.5. The minimum atomic E-state index is -1.27. The number of carboxylic acids is 5. The number of nitrogens with one attached hydrogen (secondary N) is 2. The number of hydrogen-bond donors (Lipinski definition) is 11. The molecule has 26 nitrogen and oxygen atoms in total. The third-order valence-corrected chi connectivity index (χ3v) is 10.6. The van der Waals surface area contributed by atoms with Crippen LogP contribution >= 0.6 is 0 Å². The molecule has 6 aromatic carbocycles. The van der Waals surface area contributed by atoms with Gasteiger partial charge >= 0.3 is 29.8 Å². The molecule has 0 radical (unpaired) electrons. The number of hydrogen-bond acceptors (Lipinski definition) is 19. The second-order valence-electron chi connectivity index (χ2n) is 17.1. The van der Waals surface area contributed by atoms with Crippen molar-refractivity contribution >= 4 is 87.4 Å². The molecule has 0 saturated heterocycles. The molecule has 2 amide bonds. The number of benzene rings is 6. The van der Waals surface area contributed by atoms with Gasteiger partial charge in [0.15, 0.2) is 11.6 Å². The monoisotopic (exact) mass is 1300 g/mol. The van der Waals surface area contributed by atoms with Gasteiger partial charge in [0.2, 0.25) is 11.8 Å². The van der Waals surface area contributed by atoms with Crippen LogP contribution in [0.15, 0.2) is 170 Å². The molecule has 6 aromatic rings. The van der Waals surface area contributed by atoms with Gasteiger partial charge in [-0.2, -0.15) is 30.7 Å². The number of Topliss-reactive ketones (excluding diaryl/α,β-unsaturated/α-hetero) is 2. The van der Waals surface area contributed by atoms with Crippen molar-refractivity contribution < 1.29 is 89.1 Å². The highest BCUT2D eigenvalue weighted by Crippen LogP contribution is 2.30. The number of phenols is 3. The summed E-state index contributed by atoms with van der Waals surface area (Å²) >= 11 is 0. The van der Waals surface area contributed by atoms with Crippen LogP contribution in [0.2, 0.25) is 0 Å². The molecule has 11 N–H and O–H groups in total. The number of nitrogens with zero attached hydrogens (tertiary/aromatic N) is 6. The van der Waals surface area contributed by atoms with Gasteiger partial charge in [-0.05, 0) is 108 Å². The maximum atomic E-state index is 12.2. The van der Waals surface area contributed by atoms with Gasteiger partial charge in [0.1, 0.15) is 35.9 Å². The molecule has 0 unspecified atom stereocenters. The van der Waals surface area contributed by atoms with E-state index in [0.717, 1.165) is 0 Å². The standard InChI is InChI=1S/C21H21N3O6.C18H16N2O6.C17H15N3O6.6C2H6/c1-13(25)2-8-18(26)17-11-16(7-9-19(17)27)24-23-15-5-3-14(4-6-15)10-20(28)22-12-21(29)30;21-15-6-5-13(10-14(15)16(22)7-8-17(23)24)20-19-12-3-1-11(2-4-12)9-18(25)26;21-14-6-5-12(8-13(14)17(25)26)20-19-11-3-1-10(2-4-11)7-15(22)18-9-16(23)24;6*1-2/h3-7,9,11,25,27H,1-2,8,10,12H2,(H,22,28)(H,29,30);1-6,10,21H,7-9H2,(H,23,24)(H,25,26);1-6,8,21H,7,9H2,(H,18,22)(H,23,24)(H,25,26);6*1-2H3. The fraction of sp³-hybridized carbons (Fsp3) is 0.309. The van der Waals surface area contributed by atoms with Crippen molar-refractivity contribution in [3.63, 3.8) is 0 Å². The number of azo groups is 3. The number of rotatable bonds is 25. The van der Waals surface area contributed by atoms with Crippen molar-refractivity contribution in [2.45, 2.75) is 128 Å². The summed E-state index contributed by atoms with van der Waals surface area (Å²) < 4.78 is 0. The minimum absolute atomic E-state index is 0.00495. The summed E-state index contributed by atoms with van der Waals surface area (Å²) in [6.07, 6.45) is -0.465. The first kappa shape index (κ1) is 86.9. The fourth-order valence-corrected chi connectivity index (χ4v) is 6.53. The van der Waals surface area contributed by atoms with Crippen LogP contribution in [0.1, 0.15) is 157 Å². The Morgan fingerprint density at radius 1 is 0.330 bits per heavy atom. The molecule has 0 heterocycles. The first-order valence-corrected chi connectivity index (χ1v) is 30.0. The van der Waals surface area contributed by atoms with E-state index < -0.39 is 60.5 Å². The van der Waals surface area contributed by atoms with Crippen LogP contribution in [-0.4, -0.2) is 112 Å². The summed E-state index contributed by atoms with van der Waals surface area (Å²) in [7, 11) is 0. The normalized spacial score (nSPS) is 9.70. The largest absolute Gasteiger partial charge is 0.513 e. The van der Waals surface area contributed by atoms with E-state index in [0.29, 0.717) is 45.1 Å². The average molecular weight is 1310 g/mol. The Kier molecular flexibility index (Phi) is 47.5. The molecule has 0 spiro atoms. The first-order chi connectivity index (χ1) is 44.9. The molecule has 0 saturated carbocycles. The SMILES string of the molecule is C=C(O)CCC(=O)c1cc(N=Nc2ccc(CC(=O)NCC(=O)O)cc2)ccc1O.CC.CC.CC.CC.CC.CC.O=C(O)CCC(=O)c1cc(N=Nc2ccc(CC(=O)O)cc2)ccc1O.O=C(O)CNC(=O)Cc1ccc(N=Nc2ccc(O)c(C(=O)O)c2)cc1. The van der Waals surface area contributed by atoms with Crippen molar-refractivity contribution in [3.05, 3.63) is 173 Å². The van der Waals surface area contributed by atoms with Crippen molar-refractivity contribution in [2.24, 2.45) is 30.7 Å². The Balaban J connectivity index is -0.00000122. The molecular weight excluding hydrogens is 1220 g/mol. The lowest BCUT2D eigenvalue weighted by Gasteiger charge is -2.05. The number of carbonyl (C=O) groups is 9. The molecular formula is C68H88N8O18. The van der Waals surface area contributed by atoms with Crippen molar-refractivity contribution in [1.29, 1.82) is 0 Å². The second-order valence-corrected chi connectivity index (χ2v) is 17.1. The lowest BCUT2D eigenvalue weighted by atomic mass is 10.0. The molecule has 94 heavy (non-hydrogen) atoms. The van der Waals surface area contributed by atoms with Crippen molar-refractivity contribution in [2.75, 3.05) is 13.1 Å². The molecule has 0 bridgehead atoms. The number of aliphatic carboxylic acids is 4. The van der Waals surface area contributed by atoms with E-state index in [1.54, 1.807) is 72.8 Å². The zero-order chi connectivity index (χ0) is 72.3. The molecule has 0 fully saturated rings. The zero-order valence-corrected chi connectivity index (χ0v) is 55.1. The quantitative estimate of drug-likeness (QED) is 0.0144. The Morgan fingerprint density at radius 2 is 0.596 bits per heavy atom. The predicted molar refractivity (Wildman–Crippen MR) is 358 cm³/mol. The maximum Gasteiger partial charge on any atom is 0.339 e. The van der Waals surface area contributed by atoms with Gasteiger partial charge in [-0.1, -0.05) is 126 Å². The van der Waals surface area contributed by atoms with E-state index >= 15 is 0 Å². The zero-order valence-electron chi connectivity index (χ0n) is 55.1. The van der Waals surface area contributed by atoms with Crippen molar-refractivity contribution in [3.8, 4) is 17.2 Å². The van der Waals surface area contributed by atoms with E-state index in [1.807, 2.05) is 83.1 Å². The number of aliphatic hydroxyl groups is 1. The van der Waals surface area contributed by atoms with Crippen LogP contribution in [0.5, 0.6) is 17.2 Å². The average Bonchev–Trinajstić information content (AvgIpc) is 0.900. The Bertz CT molecular complexity index is 3420. The molecule has 26 heteroatoms. The van der Waals surface area contributed by atoms with Gasteiger partial charge in [-0.15, -0.1) is 0 Å². The predicted octanol–water partition coefficient (Wildman–Crippen LogP) is 15.5. The highest BCUT2D eigenvalue weighted by molar-refractivity contribution is 6.01. The number of carbonyl (C=O) groups excluding carboxylic acids is 4. The number of ketones is 2. The summed E-state index contributed by atoms with van der Waals surface area (Å²) in [6, 6.07) is 31.8. The molecule has 0 atom stereocenters. The number of phenolic OH excluding ortho intramolecular Hbond substituents is 2. The number of aliphatic hydroxyl groups excluding tert-OH is 1. The van der Waals surface area contributed by atoms with E-state index in [2.05, 4.69) is 47.9 Å². The Labute approximate surface area is 547 Å². The van der Waals surface area contributed by atoms with E-state index in [9.17, 15) is 58.5 Å². The number of aromatic carboxylic acids is 1. The number of aromatic hydroxyl groups is 3. The third kappa shape index (κ3) is 37.6. The topological polar surface area (TPSA) is 434 Å². The van der Waals surface area contributed by atoms with E-state index in [-0.39, 0.29) is 96.1 Å². The van der Waals surface area contributed by atoms with Gasteiger partial charge in [0, 0.05) is 19.3 Å². The summed E-state index contributed by atoms with van der Waals surface area (Å²) in [5.41, 5.74) is 4.18. The van der Waals surface area contributed by atoms with Gasteiger partial charge in [0.05, 0.1) is 76.7 Å². The highest BCUT2D eigenvalue weighted by Gasteiger charge is 2.16. The minimum Gasteiger partial charge on any atom is -0.513 e. The molecule has 0 aliphatic rings. The van der Waals surface area contributed by atoms with Crippen LogP contribution in [0.3, 0.4) is 0 Å². The van der Waals surface area contributed by atoms with Crippen LogP contribution in [0.25, 0.3) is 0 Å². The molecule has 508 valence electrons. The Hall–Kier alpha value is -11.3. The third-order valence-electron chi connectivity index (χ3n) is 10.6. The highest BCUT2D eigenvalue weighted by atomic mass is 16.4. The first-order valence-electron chi connectivity index (χ1n) is 30.0. The number of amides is 2. The molecule has 0 aliphatic carbocycles. The maximum absolute atomic E-state index is 12.2. The summed E-state index contributed by atoms with van der Waals surface area (Å²) in [5, 5.41) is 110.